The summed E-state index contributed by atoms with van der Waals surface area (Å²) >= 11 is 0. The minimum Gasteiger partial charge on any atom is -0.461 e. The van der Waals surface area contributed by atoms with Crippen LogP contribution in [0.25, 0.3) is 0 Å². The van der Waals surface area contributed by atoms with Crippen LogP contribution < -0.4 is 5.73 Å². The van der Waals surface area contributed by atoms with Crippen molar-refractivity contribution in [3.05, 3.63) is 11.3 Å². The maximum atomic E-state index is 11.8. The average molecular weight is 253 g/mol. The summed E-state index contributed by atoms with van der Waals surface area (Å²) in [6.45, 7) is 2.61. The molecule has 0 aliphatic heterocycles. The molecule has 100 valence electrons. The van der Waals surface area contributed by atoms with Gasteiger partial charge < -0.3 is 15.2 Å². The van der Waals surface area contributed by atoms with Crippen LogP contribution in [0.4, 0.5) is 5.82 Å². The lowest BCUT2D eigenvalue weighted by Crippen LogP contribution is -2.10. The summed E-state index contributed by atoms with van der Waals surface area (Å²) in [6.07, 6.45) is 2.71. The molecular formula is C12H19N3O3. The number of carbonyl (C=O) groups excluding carboxylic acids is 1. The molecule has 2 N–H and O–H groups in total. The summed E-state index contributed by atoms with van der Waals surface area (Å²) in [6, 6.07) is 0.342. The molecule has 0 atom stereocenters. The molecule has 2 rings (SSSR count). The Kier molecular flexibility index (Phi) is 3.86. The maximum absolute atomic E-state index is 11.8. The number of methoxy groups -OCH3 is 1. The van der Waals surface area contributed by atoms with Crippen LogP contribution >= 0.6 is 0 Å². The van der Waals surface area contributed by atoms with Crippen molar-refractivity contribution in [2.24, 2.45) is 0 Å². The molecule has 0 unspecified atom stereocenters. The van der Waals surface area contributed by atoms with Crippen LogP contribution in [0, 0.1) is 0 Å². The third-order valence-corrected chi connectivity index (χ3v) is 2.97. The molecule has 18 heavy (non-hydrogen) atoms. The van der Waals surface area contributed by atoms with Gasteiger partial charge >= 0.3 is 5.97 Å². The minimum atomic E-state index is -0.408. The molecule has 1 saturated carbocycles. The topological polar surface area (TPSA) is 79.4 Å². The Hall–Kier alpha value is -1.56. The van der Waals surface area contributed by atoms with E-state index in [9.17, 15) is 4.79 Å². The Morgan fingerprint density at radius 2 is 2.28 bits per heavy atom. The molecule has 6 nitrogen and oxygen atoms in total. The highest BCUT2D eigenvalue weighted by molar-refractivity contribution is 5.90. The fourth-order valence-electron chi connectivity index (χ4n) is 1.89. The highest BCUT2D eigenvalue weighted by Gasteiger charge is 2.31. The molecule has 0 bridgehead atoms. The second-order valence-corrected chi connectivity index (χ2v) is 4.35. The van der Waals surface area contributed by atoms with E-state index in [4.69, 9.17) is 15.2 Å². The van der Waals surface area contributed by atoms with E-state index in [1.54, 1.807) is 18.7 Å². The molecule has 1 aromatic rings. The molecule has 0 amide bonds. The Morgan fingerprint density at radius 1 is 1.56 bits per heavy atom. The van der Waals surface area contributed by atoms with Crippen molar-refractivity contribution in [1.82, 2.24) is 9.78 Å². The van der Waals surface area contributed by atoms with Gasteiger partial charge in [0.15, 0.2) is 5.69 Å². The Balaban J connectivity index is 2.29. The van der Waals surface area contributed by atoms with Gasteiger partial charge in [-0.3, -0.25) is 0 Å². The lowest BCUT2D eigenvalue weighted by molar-refractivity contribution is 0.0516. The number of nitrogen functional groups attached to an aromatic ring is 1. The number of hydrogen-bond acceptors (Lipinski definition) is 5. The van der Waals surface area contributed by atoms with Crippen molar-refractivity contribution >= 4 is 11.8 Å². The molecule has 6 heteroatoms. The number of esters is 1. The first kappa shape index (κ1) is 12.9. The number of ether oxygens (including phenoxy) is 2. The summed E-state index contributed by atoms with van der Waals surface area (Å²) in [5, 5.41) is 4.30. The quantitative estimate of drug-likeness (QED) is 0.770. The van der Waals surface area contributed by atoms with Gasteiger partial charge in [0, 0.05) is 19.1 Å². The van der Waals surface area contributed by atoms with Crippen LogP contribution in [0.3, 0.4) is 0 Å². The van der Waals surface area contributed by atoms with Gasteiger partial charge in [0.2, 0.25) is 0 Å². The van der Waals surface area contributed by atoms with Crippen LogP contribution in [-0.2, 0) is 15.9 Å². The van der Waals surface area contributed by atoms with Gasteiger partial charge in [-0.05, 0) is 19.8 Å². The second kappa shape index (κ2) is 5.39. The number of anilines is 1. The summed E-state index contributed by atoms with van der Waals surface area (Å²) < 4.78 is 11.8. The molecule has 0 saturated heterocycles. The molecule has 1 aliphatic carbocycles. The zero-order chi connectivity index (χ0) is 13.1. The third kappa shape index (κ3) is 2.48. The Labute approximate surface area is 106 Å². The zero-order valence-corrected chi connectivity index (χ0v) is 10.8. The number of aromatic nitrogens is 2. The maximum Gasteiger partial charge on any atom is 0.359 e. The number of nitrogens with zero attached hydrogens (tertiary/aromatic N) is 2. The predicted molar refractivity (Wildman–Crippen MR) is 66.4 cm³/mol. The molecule has 1 heterocycles. The molecule has 0 aromatic carbocycles. The van der Waals surface area contributed by atoms with Crippen LogP contribution in [0.5, 0.6) is 0 Å². The van der Waals surface area contributed by atoms with Crippen LogP contribution in [0.1, 0.15) is 41.9 Å². The standard InChI is InChI=1S/C12H19N3O3/c1-3-18-12(16)10-9(6-7-17-2)11(13)15(14-10)8-4-5-8/h8H,3-7,13H2,1-2H3. The Morgan fingerprint density at radius 3 is 2.83 bits per heavy atom. The van der Waals surface area contributed by atoms with E-state index in [-0.39, 0.29) is 0 Å². The summed E-state index contributed by atoms with van der Waals surface area (Å²) in [5.41, 5.74) is 7.13. The van der Waals surface area contributed by atoms with E-state index in [1.165, 1.54) is 0 Å². The van der Waals surface area contributed by atoms with Gasteiger partial charge in [-0.25, -0.2) is 9.48 Å². The lowest BCUT2D eigenvalue weighted by atomic mass is 10.1. The number of hydrogen-bond donors (Lipinski definition) is 1. The average Bonchev–Trinajstić information content (AvgIpc) is 3.13. The first-order chi connectivity index (χ1) is 8.69. The van der Waals surface area contributed by atoms with Gasteiger partial charge in [0.1, 0.15) is 5.82 Å². The van der Waals surface area contributed by atoms with Gasteiger partial charge in [0.25, 0.3) is 0 Å². The van der Waals surface area contributed by atoms with Crippen molar-refractivity contribution in [2.75, 3.05) is 26.1 Å². The summed E-state index contributed by atoms with van der Waals surface area (Å²) in [5.74, 6) is 0.160. The van der Waals surface area contributed by atoms with E-state index in [0.717, 1.165) is 18.4 Å². The van der Waals surface area contributed by atoms with E-state index in [2.05, 4.69) is 5.10 Å². The fourth-order valence-corrected chi connectivity index (χ4v) is 1.89. The molecule has 0 radical (unpaired) electrons. The van der Waals surface area contributed by atoms with Crippen molar-refractivity contribution < 1.29 is 14.3 Å². The van der Waals surface area contributed by atoms with E-state index < -0.39 is 5.97 Å². The van der Waals surface area contributed by atoms with Crippen molar-refractivity contribution in [3.8, 4) is 0 Å². The van der Waals surface area contributed by atoms with Crippen LogP contribution in [-0.4, -0.2) is 36.1 Å². The third-order valence-electron chi connectivity index (χ3n) is 2.97. The largest absolute Gasteiger partial charge is 0.461 e. The molecule has 1 aliphatic rings. The molecule has 1 aromatic heterocycles. The van der Waals surface area contributed by atoms with E-state index >= 15 is 0 Å². The van der Waals surface area contributed by atoms with Gasteiger partial charge in [-0.15, -0.1) is 0 Å². The minimum absolute atomic E-state index is 0.332. The Bertz CT molecular complexity index is 438. The van der Waals surface area contributed by atoms with E-state index in [1.807, 2.05) is 0 Å². The normalized spacial score (nSPS) is 14.8. The second-order valence-electron chi connectivity index (χ2n) is 4.35. The zero-order valence-electron chi connectivity index (χ0n) is 10.8. The number of rotatable bonds is 6. The highest BCUT2D eigenvalue weighted by Crippen LogP contribution is 2.37. The summed E-state index contributed by atoms with van der Waals surface area (Å²) in [4.78, 5) is 11.8. The van der Waals surface area contributed by atoms with Crippen molar-refractivity contribution in [2.45, 2.75) is 32.2 Å². The molecule has 0 spiro atoms. The van der Waals surface area contributed by atoms with Gasteiger partial charge in [-0.2, -0.15) is 5.10 Å². The van der Waals surface area contributed by atoms with Crippen LogP contribution in [0.15, 0.2) is 0 Å². The summed E-state index contributed by atoms with van der Waals surface area (Å²) in [7, 11) is 1.62. The van der Waals surface area contributed by atoms with Crippen molar-refractivity contribution in [1.29, 1.82) is 0 Å². The highest BCUT2D eigenvalue weighted by atomic mass is 16.5. The van der Waals surface area contributed by atoms with Gasteiger partial charge in [-0.1, -0.05) is 0 Å². The fraction of sp³-hybridized carbons (Fsp3) is 0.667. The molecular weight excluding hydrogens is 234 g/mol. The first-order valence-corrected chi connectivity index (χ1v) is 6.22. The van der Waals surface area contributed by atoms with Crippen LogP contribution in [0.2, 0.25) is 0 Å². The van der Waals surface area contributed by atoms with E-state index in [0.29, 0.717) is 37.2 Å². The first-order valence-electron chi connectivity index (χ1n) is 6.22. The SMILES string of the molecule is CCOC(=O)c1nn(C2CC2)c(N)c1CCOC. The van der Waals surface area contributed by atoms with Crippen molar-refractivity contribution in [3.63, 3.8) is 0 Å². The lowest BCUT2D eigenvalue weighted by Gasteiger charge is -2.03. The van der Waals surface area contributed by atoms with Gasteiger partial charge in [0.05, 0.1) is 19.3 Å². The number of carbonyl (C=O) groups is 1. The molecule has 1 fully saturated rings. The monoisotopic (exact) mass is 253 g/mol. The smallest absolute Gasteiger partial charge is 0.359 e. The number of nitrogens with two attached hydrogens (primary N) is 1. The predicted octanol–water partition coefficient (Wildman–Crippen LogP) is 1.17.